The Morgan fingerprint density at radius 3 is 2.67 bits per heavy atom. The fourth-order valence-electron chi connectivity index (χ4n) is 2.39. The summed E-state index contributed by atoms with van der Waals surface area (Å²) < 4.78 is 33.4. The van der Waals surface area contributed by atoms with Gasteiger partial charge in [-0.05, 0) is 12.3 Å². The number of sulfonamides is 1. The summed E-state index contributed by atoms with van der Waals surface area (Å²) in [4.78, 5) is 16.1. The van der Waals surface area contributed by atoms with Crippen LogP contribution < -0.4 is 4.72 Å². The topological polar surface area (TPSA) is 90.3 Å². The number of imidazole rings is 1. The molecule has 1 aromatic rings. The van der Waals surface area contributed by atoms with Gasteiger partial charge in [0.25, 0.3) is 15.9 Å². The number of nitrogens with zero attached hydrogens (tertiary/aromatic N) is 2. The maximum Gasteiger partial charge on any atom is 0.283 e. The van der Waals surface area contributed by atoms with E-state index in [1.54, 1.807) is 11.6 Å². The van der Waals surface area contributed by atoms with Crippen molar-refractivity contribution in [2.24, 2.45) is 13.0 Å². The van der Waals surface area contributed by atoms with Crippen LogP contribution in [0.15, 0.2) is 11.2 Å². The van der Waals surface area contributed by atoms with Crippen LogP contribution in [0.25, 0.3) is 0 Å². The van der Waals surface area contributed by atoms with E-state index in [1.165, 1.54) is 6.20 Å². The average molecular weight is 315 g/mol. The quantitative estimate of drug-likeness (QED) is 0.886. The van der Waals surface area contributed by atoms with Crippen molar-refractivity contribution in [1.29, 1.82) is 0 Å². The maximum atomic E-state index is 12.2. The predicted octanol–water partition coefficient (Wildman–Crippen LogP) is 0.773. The zero-order valence-corrected chi connectivity index (χ0v) is 13.5. The number of amides is 1. The van der Waals surface area contributed by atoms with E-state index in [0.29, 0.717) is 12.4 Å². The zero-order chi connectivity index (χ0) is 15.8. The molecule has 1 saturated heterocycles. The van der Waals surface area contributed by atoms with Crippen LogP contribution >= 0.6 is 0 Å². The zero-order valence-electron chi connectivity index (χ0n) is 12.7. The standard InChI is InChI=1S/C13H21N3O4S/c1-8(2)12-14-10(7-16(12)4)21(18,19)15-13(17)11-9(3)5-6-20-11/h7-9,11H,5-6H2,1-4H3,(H,15,17)/t9-,11+/m0/s1. The first kappa shape index (κ1) is 16.0. The van der Waals surface area contributed by atoms with Gasteiger partial charge in [-0.15, -0.1) is 0 Å². The Morgan fingerprint density at radius 2 is 2.19 bits per heavy atom. The van der Waals surface area contributed by atoms with Gasteiger partial charge in [0, 0.05) is 25.8 Å². The van der Waals surface area contributed by atoms with E-state index < -0.39 is 22.0 Å². The number of carbonyl (C=O) groups excluding carboxylic acids is 1. The molecule has 2 atom stereocenters. The number of aryl methyl sites for hydroxylation is 1. The molecular formula is C13H21N3O4S. The van der Waals surface area contributed by atoms with Crippen molar-refractivity contribution in [3.8, 4) is 0 Å². The number of nitrogens with one attached hydrogen (secondary N) is 1. The van der Waals surface area contributed by atoms with Crippen molar-refractivity contribution >= 4 is 15.9 Å². The van der Waals surface area contributed by atoms with Gasteiger partial charge >= 0.3 is 0 Å². The first-order valence-electron chi connectivity index (χ1n) is 6.94. The highest BCUT2D eigenvalue weighted by atomic mass is 32.2. The summed E-state index contributed by atoms with van der Waals surface area (Å²) in [6, 6.07) is 0. The lowest BCUT2D eigenvalue weighted by molar-refractivity contribution is -0.129. The summed E-state index contributed by atoms with van der Waals surface area (Å²) in [7, 11) is -2.24. The van der Waals surface area contributed by atoms with Gasteiger partial charge in [0.05, 0.1) is 0 Å². The molecule has 8 heteroatoms. The molecule has 7 nitrogen and oxygen atoms in total. The van der Waals surface area contributed by atoms with Gasteiger partial charge in [-0.3, -0.25) is 4.79 Å². The second kappa shape index (κ2) is 5.76. The second-order valence-electron chi connectivity index (χ2n) is 5.73. The number of rotatable bonds is 4. The van der Waals surface area contributed by atoms with Crippen LogP contribution in [0.5, 0.6) is 0 Å². The minimum absolute atomic E-state index is 0.00941. The normalized spacial score (nSPS) is 22.7. The molecule has 2 heterocycles. The summed E-state index contributed by atoms with van der Waals surface area (Å²) in [6.07, 6.45) is 1.44. The van der Waals surface area contributed by atoms with Gasteiger partial charge in [-0.2, -0.15) is 8.42 Å². The Kier molecular flexibility index (Phi) is 4.38. The molecule has 1 amide bonds. The van der Waals surface area contributed by atoms with Crippen molar-refractivity contribution in [2.45, 2.75) is 44.2 Å². The van der Waals surface area contributed by atoms with Gasteiger partial charge < -0.3 is 9.30 Å². The van der Waals surface area contributed by atoms with Crippen LogP contribution in [-0.2, 0) is 26.6 Å². The molecule has 0 aromatic carbocycles. The minimum Gasteiger partial charge on any atom is -0.368 e. The average Bonchev–Trinajstić information content (AvgIpc) is 2.94. The number of ether oxygens (including phenoxy) is 1. The molecule has 0 bridgehead atoms. The molecule has 2 rings (SSSR count). The molecule has 0 unspecified atom stereocenters. The van der Waals surface area contributed by atoms with Crippen molar-refractivity contribution in [2.75, 3.05) is 6.61 Å². The van der Waals surface area contributed by atoms with Crippen molar-refractivity contribution in [3.05, 3.63) is 12.0 Å². The Balaban J connectivity index is 2.18. The number of aromatic nitrogens is 2. The summed E-state index contributed by atoms with van der Waals surface area (Å²) >= 11 is 0. The lowest BCUT2D eigenvalue weighted by Crippen LogP contribution is -2.40. The van der Waals surface area contributed by atoms with Crippen LogP contribution in [0, 0.1) is 5.92 Å². The molecule has 1 aliphatic heterocycles. The minimum atomic E-state index is -3.97. The highest BCUT2D eigenvalue weighted by molar-refractivity contribution is 7.90. The number of hydrogen-bond acceptors (Lipinski definition) is 5. The third-order valence-electron chi connectivity index (χ3n) is 3.56. The first-order chi connectivity index (χ1) is 9.72. The van der Waals surface area contributed by atoms with Crippen molar-refractivity contribution in [1.82, 2.24) is 14.3 Å². The van der Waals surface area contributed by atoms with Crippen LogP contribution in [-0.4, -0.2) is 36.6 Å². The van der Waals surface area contributed by atoms with E-state index in [9.17, 15) is 13.2 Å². The van der Waals surface area contributed by atoms with Gasteiger partial charge in [0.15, 0.2) is 5.03 Å². The monoisotopic (exact) mass is 315 g/mol. The van der Waals surface area contributed by atoms with E-state index in [2.05, 4.69) is 9.71 Å². The van der Waals surface area contributed by atoms with E-state index in [4.69, 9.17) is 4.74 Å². The Hall–Kier alpha value is -1.41. The van der Waals surface area contributed by atoms with Gasteiger partial charge in [0.2, 0.25) is 0 Å². The lowest BCUT2D eigenvalue weighted by Gasteiger charge is -2.13. The fourth-order valence-corrected chi connectivity index (χ4v) is 3.39. The Labute approximate surface area is 124 Å². The van der Waals surface area contributed by atoms with E-state index in [-0.39, 0.29) is 16.9 Å². The van der Waals surface area contributed by atoms with Crippen molar-refractivity contribution < 1.29 is 17.9 Å². The van der Waals surface area contributed by atoms with E-state index >= 15 is 0 Å². The molecule has 21 heavy (non-hydrogen) atoms. The summed E-state index contributed by atoms with van der Waals surface area (Å²) in [5.74, 6) is 0.119. The number of hydrogen-bond donors (Lipinski definition) is 1. The Morgan fingerprint density at radius 1 is 1.52 bits per heavy atom. The molecule has 1 aliphatic rings. The molecule has 0 radical (unpaired) electrons. The number of carbonyl (C=O) groups is 1. The summed E-state index contributed by atoms with van der Waals surface area (Å²) in [5, 5.41) is -0.146. The van der Waals surface area contributed by atoms with Crippen LogP contribution in [0.4, 0.5) is 0 Å². The van der Waals surface area contributed by atoms with Crippen molar-refractivity contribution in [3.63, 3.8) is 0 Å². The van der Waals surface area contributed by atoms with Crippen LogP contribution in [0.3, 0.4) is 0 Å². The lowest BCUT2D eigenvalue weighted by atomic mass is 10.0. The Bertz CT molecular complexity index is 636. The second-order valence-corrected chi connectivity index (χ2v) is 7.36. The molecule has 118 valence electrons. The van der Waals surface area contributed by atoms with Gasteiger partial charge in [-0.25, -0.2) is 9.71 Å². The molecule has 1 N–H and O–H groups in total. The van der Waals surface area contributed by atoms with Crippen LogP contribution in [0.2, 0.25) is 0 Å². The third-order valence-corrected chi connectivity index (χ3v) is 4.78. The fraction of sp³-hybridized carbons (Fsp3) is 0.692. The van der Waals surface area contributed by atoms with Gasteiger partial charge in [0.1, 0.15) is 11.9 Å². The molecule has 1 fully saturated rings. The smallest absolute Gasteiger partial charge is 0.283 e. The van der Waals surface area contributed by atoms with Crippen LogP contribution in [0.1, 0.15) is 38.9 Å². The predicted molar refractivity (Wildman–Crippen MR) is 76.1 cm³/mol. The highest BCUT2D eigenvalue weighted by Gasteiger charge is 2.34. The largest absolute Gasteiger partial charge is 0.368 e. The first-order valence-corrected chi connectivity index (χ1v) is 8.42. The SMILES string of the molecule is CC(C)c1nc(S(=O)(=O)NC(=O)[C@@H]2OCC[C@@H]2C)cn1C. The molecule has 1 aromatic heterocycles. The third kappa shape index (κ3) is 3.26. The van der Waals surface area contributed by atoms with E-state index in [1.807, 2.05) is 20.8 Å². The maximum absolute atomic E-state index is 12.2. The summed E-state index contributed by atoms with van der Waals surface area (Å²) in [6.45, 7) is 6.18. The summed E-state index contributed by atoms with van der Waals surface area (Å²) in [5.41, 5.74) is 0. The molecule has 0 saturated carbocycles. The van der Waals surface area contributed by atoms with Gasteiger partial charge in [-0.1, -0.05) is 20.8 Å². The molecule has 0 aliphatic carbocycles. The van der Waals surface area contributed by atoms with E-state index in [0.717, 1.165) is 6.42 Å². The molecular weight excluding hydrogens is 294 g/mol. The molecule has 0 spiro atoms. The highest BCUT2D eigenvalue weighted by Crippen LogP contribution is 2.21.